The molecule has 0 spiro atoms. The summed E-state index contributed by atoms with van der Waals surface area (Å²) in [6.45, 7) is 3.08. The highest BCUT2D eigenvalue weighted by Gasteiger charge is 2.18. The molecule has 0 saturated carbocycles. The van der Waals surface area contributed by atoms with E-state index in [2.05, 4.69) is 46.6 Å². The number of carbonyl (C=O) groups is 1. The van der Waals surface area contributed by atoms with Gasteiger partial charge in [0.1, 0.15) is 0 Å². The SMILES string of the molecule is COC1CCN(Cc2ccc(NC(=O)CCc3ccc(-c4ccc(Cl)cc4)cc3)cc2)CC1. The molecule has 1 N–H and O–H groups in total. The lowest BCUT2D eigenvalue weighted by Crippen LogP contribution is -2.36. The van der Waals surface area contributed by atoms with Gasteiger partial charge in [-0.15, -0.1) is 0 Å². The summed E-state index contributed by atoms with van der Waals surface area (Å²) in [5.41, 5.74) is 5.54. The van der Waals surface area contributed by atoms with Gasteiger partial charge >= 0.3 is 0 Å². The Bertz CT molecular complexity index is 1030. The largest absolute Gasteiger partial charge is 0.381 e. The fourth-order valence-corrected chi connectivity index (χ4v) is 4.37. The van der Waals surface area contributed by atoms with Crippen LogP contribution in [0.4, 0.5) is 5.69 Å². The van der Waals surface area contributed by atoms with Crippen LogP contribution in [0.1, 0.15) is 30.4 Å². The van der Waals surface area contributed by atoms with Gasteiger partial charge in [-0.3, -0.25) is 9.69 Å². The molecule has 33 heavy (non-hydrogen) atoms. The van der Waals surface area contributed by atoms with Gasteiger partial charge in [0.2, 0.25) is 5.91 Å². The molecule has 172 valence electrons. The molecule has 0 radical (unpaired) electrons. The average molecular weight is 463 g/mol. The Kier molecular flexibility index (Phi) is 8.16. The minimum atomic E-state index is 0.0335. The fourth-order valence-electron chi connectivity index (χ4n) is 4.24. The normalized spacial score (nSPS) is 14.8. The van der Waals surface area contributed by atoms with Crippen molar-refractivity contribution >= 4 is 23.2 Å². The number of hydrogen-bond acceptors (Lipinski definition) is 3. The van der Waals surface area contributed by atoms with Gasteiger partial charge in [0.05, 0.1) is 6.10 Å². The maximum absolute atomic E-state index is 12.4. The first-order chi connectivity index (χ1) is 16.1. The number of hydrogen-bond donors (Lipinski definition) is 1. The van der Waals surface area contributed by atoms with E-state index in [9.17, 15) is 4.79 Å². The van der Waals surface area contributed by atoms with E-state index in [4.69, 9.17) is 16.3 Å². The summed E-state index contributed by atoms with van der Waals surface area (Å²) >= 11 is 5.97. The van der Waals surface area contributed by atoms with Gasteiger partial charge in [0.25, 0.3) is 0 Å². The van der Waals surface area contributed by atoms with Crippen molar-refractivity contribution in [3.63, 3.8) is 0 Å². The number of halogens is 1. The van der Waals surface area contributed by atoms with Crippen molar-refractivity contribution in [3.05, 3.63) is 88.9 Å². The number of carbonyl (C=O) groups excluding carboxylic acids is 1. The summed E-state index contributed by atoms with van der Waals surface area (Å²) < 4.78 is 5.45. The van der Waals surface area contributed by atoms with Crippen LogP contribution in [0.5, 0.6) is 0 Å². The van der Waals surface area contributed by atoms with Crippen LogP contribution in [0.15, 0.2) is 72.8 Å². The molecule has 4 nitrogen and oxygen atoms in total. The minimum absolute atomic E-state index is 0.0335. The second-order valence-electron chi connectivity index (χ2n) is 8.66. The Labute approximate surface area is 201 Å². The number of likely N-dealkylation sites (tertiary alicyclic amines) is 1. The molecule has 1 amide bonds. The van der Waals surface area contributed by atoms with E-state index in [0.29, 0.717) is 18.9 Å². The molecule has 1 fully saturated rings. The molecule has 1 aliphatic heterocycles. The molecule has 0 bridgehead atoms. The smallest absolute Gasteiger partial charge is 0.224 e. The Hall–Kier alpha value is -2.66. The van der Waals surface area contributed by atoms with Crippen LogP contribution in [-0.4, -0.2) is 37.1 Å². The van der Waals surface area contributed by atoms with Crippen LogP contribution in [-0.2, 0) is 22.5 Å². The van der Waals surface area contributed by atoms with Crippen molar-refractivity contribution in [3.8, 4) is 11.1 Å². The number of benzene rings is 3. The van der Waals surface area contributed by atoms with Crippen molar-refractivity contribution < 1.29 is 9.53 Å². The second kappa shape index (κ2) is 11.5. The number of ether oxygens (including phenoxy) is 1. The minimum Gasteiger partial charge on any atom is -0.381 e. The lowest BCUT2D eigenvalue weighted by molar-refractivity contribution is -0.116. The first kappa shape index (κ1) is 23.5. The van der Waals surface area contributed by atoms with Gasteiger partial charge in [0.15, 0.2) is 0 Å². The number of anilines is 1. The Morgan fingerprint density at radius 3 is 2.09 bits per heavy atom. The predicted molar refractivity (Wildman–Crippen MR) is 136 cm³/mol. The zero-order valence-electron chi connectivity index (χ0n) is 19.1. The maximum Gasteiger partial charge on any atom is 0.224 e. The molecule has 0 aliphatic carbocycles. The highest BCUT2D eigenvalue weighted by molar-refractivity contribution is 6.30. The summed E-state index contributed by atoms with van der Waals surface area (Å²) in [5, 5.41) is 3.75. The van der Waals surface area contributed by atoms with Crippen molar-refractivity contribution in [2.75, 3.05) is 25.5 Å². The van der Waals surface area contributed by atoms with Gasteiger partial charge in [-0.1, -0.05) is 60.1 Å². The first-order valence-electron chi connectivity index (χ1n) is 11.6. The summed E-state index contributed by atoms with van der Waals surface area (Å²) in [6.07, 6.45) is 3.75. The van der Waals surface area contributed by atoms with E-state index in [1.807, 2.05) is 36.4 Å². The maximum atomic E-state index is 12.4. The quantitative estimate of drug-likeness (QED) is 0.434. The number of rotatable bonds is 8. The number of aryl methyl sites for hydroxylation is 1. The van der Waals surface area contributed by atoms with Crippen LogP contribution < -0.4 is 5.32 Å². The Morgan fingerprint density at radius 2 is 1.48 bits per heavy atom. The molecule has 0 aromatic heterocycles. The van der Waals surface area contributed by atoms with Gasteiger partial charge in [0, 0.05) is 43.9 Å². The van der Waals surface area contributed by atoms with Crippen molar-refractivity contribution in [2.24, 2.45) is 0 Å². The number of piperidine rings is 1. The monoisotopic (exact) mass is 462 g/mol. The molecule has 1 saturated heterocycles. The molecule has 1 aliphatic rings. The summed E-state index contributed by atoms with van der Waals surface area (Å²) in [5.74, 6) is 0.0335. The molecule has 3 aromatic rings. The highest BCUT2D eigenvalue weighted by atomic mass is 35.5. The topological polar surface area (TPSA) is 41.6 Å². The van der Waals surface area contributed by atoms with Gasteiger partial charge in [-0.05, 0) is 65.8 Å². The molecule has 4 rings (SSSR count). The van der Waals surface area contributed by atoms with E-state index in [-0.39, 0.29) is 5.91 Å². The molecule has 3 aromatic carbocycles. The van der Waals surface area contributed by atoms with E-state index < -0.39 is 0 Å². The number of nitrogens with zero attached hydrogens (tertiary/aromatic N) is 1. The molecule has 0 unspecified atom stereocenters. The number of methoxy groups -OCH3 is 1. The van der Waals surface area contributed by atoms with Gasteiger partial charge in [-0.25, -0.2) is 0 Å². The van der Waals surface area contributed by atoms with Crippen LogP contribution in [0, 0.1) is 0 Å². The van der Waals surface area contributed by atoms with Crippen LogP contribution in [0.25, 0.3) is 11.1 Å². The van der Waals surface area contributed by atoms with E-state index in [1.54, 1.807) is 7.11 Å². The van der Waals surface area contributed by atoms with Gasteiger partial charge < -0.3 is 10.1 Å². The summed E-state index contributed by atoms with van der Waals surface area (Å²) in [7, 11) is 1.80. The van der Waals surface area contributed by atoms with Gasteiger partial charge in [-0.2, -0.15) is 0 Å². The number of amides is 1. The molecule has 1 heterocycles. The third-order valence-corrected chi connectivity index (χ3v) is 6.54. The van der Waals surface area contributed by atoms with Crippen LogP contribution in [0.2, 0.25) is 5.02 Å². The standard InChI is InChI=1S/C28H31ClN2O2/c1-33-27-16-18-31(19-17-27)20-22-4-13-26(14-5-22)30-28(32)15-6-21-2-7-23(8-3-21)24-9-11-25(29)12-10-24/h2-5,7-14,27H,6,15-20H2,1H3,(H,30,32). The first-order valence-corrected chi connectivity index (χ1v) is 12.0. The molecule has 0 atom stereocenters. The highest BCUT2D eigenvalue weighted by Crippen LogP contribution is 2.22. The summed E-state index contributed by atoms with van der Waals surface area (Å²) in [4.78, 5) is 14.9. The van der Waals surface area contributed by atoms with E-state index in [1.165, 1.54) is 5.56 Å². The van der Waals surface area contributed by atoms with Crippen molar-refractivity contribution in [1.82, 2.24) is 4.90 Å². The molecule has 5 heteroatoms. The van der Waals surface area contributed by atoms with Crippen molar-refractivity contribution in [1.29, 1.82) is 0 Å². The summed E-state index contributed by atoms with van der Waals surface area (Å²) in [6, 6.07) is 24.4. The zero-order valence-corrected chi connectivity index (χ0v) is 19.9. The Morgan fingerprint density at radius 1 is 0.909 bits per heavy atom. The van der Waals surface area contributed by atoms with Crippen LogP contribution >= 0.6 is 11.6 Å². The average Bonchev–Trinajstić information content (AvgIpc) is 2.85. The zero-order chi connectivity index (χ0) is 23.0. The van der Waals surface area contributed by atoms with E-state index in [0.717, 1.165) is 59.9 Å². The molecular weight excluding hydrogens is 432 g/mol. The fraction of sp³-hybridized carbons (Fsp3) is 0.321. The third-order valence-electron chi connectivity index (χ3n) is 6.28. The van der Waals surface area contributed by atoms with Crippen molar-refractivity contribution in [2.45, 2.75) is 38.3 Å². The lowest BCUT2D eigenvalue weighted by Gasteiger charge is -2.31. The van der Waals surface area contributed by atoms with Crippen LogP contribution in [0.3, 0.4) is 0 Å². The Balaban J connectivity index is 1.22. The van der Waals surface area contributed by atoms with E-state index >= 15 is 0 Å². The predicted octanol–water partition coefficient (Wildman–Crippen LogP) is 6.19. The molecular formula is C28H31ClN2O2. The third kappa shape index (κ3) is 6.91. The number of nitrogens with one attached hydrogen (secondary N) is 1. The second-order valence-corrected chi connectivity index (χ2v) is 9.10. The lowest BCUT2D eigenvalue weighted by atomic mass is 10.0.